The van der Waals surface area contributed by atoms with Gasteiger partial charge in [0.1, 0.15) is 6.61 Å². The fourth-order valence-corrected chi connectivity index (χ4v) is 3.36. The van der Waals surface area contributed by atoms with E-state index in [1.807, 2.05) is 25.1 Å². The number of cyclic esters (lactones) is 1. The average Bonchev–Trinajstić information content (AvgIpc) is 2.88. The molecule has 0 saturated heterocycles. The highest BCUT2D eigenvalue weighted by Gasteiger charge is 2.25. The lowest BCUT2D eigenvalue weighted by Gasteiger charge is -2.31. The number of nitrogens with zero attached hydrogens (tertiary/aromatic N) is 1. The molecular weight excluding hydrogens is 298 g/mol. The van der Waals surface area contributed by atoms with E-state index in [2.05, 4.69) is 17.0 Å². The van der Waals surface area contributed by atoms with Crippen LogP contribution in [-0.4, -0.2) is 12.5 Å². The van der Waals surface area contributed by atoms with Crippen molar-refractivity contribution in [1.82, 2.24) is 0 Å². The van der Waals surface area contributed by atoms with Crippen LogP contribution in [0.2, 0.25) is 5.02 Å². The van der Waals surface area contributed by atoms with Crippen molar-refractivity contribution in [1.29, 1.82) is 0 Å². The Kier molecular flexibility index (Phi) is 3.12. The number of carbonyl (C=O) groups is 1. The maximum atomic E-state index is 11.7. The third-order valence-electron chi connectivity index (χ3n) is 4.54. The molecule has 0 atom stereocenters. The summed E-state index contributed by atoms with van der Waals surface area (Å²) in [5.74, 6) is -0.201. The zero-order valence-corrected chi connectivity index (χ0v) is 13.1. The van der Waals surface area contributed by atoms with Gasteiger partial charge in [0.15, 0.2) is 0 Å². The Labute approximate surface area is 134 Å². The standard InChI is InChI=1S/C18H16ClNO2/c1-11-2-3-15(8-17(11)19)20-5-4-12-6-14-10-22-18(21)16(14)7-13(12)9-20/h2-3,6-8H,4-5,9-10H2,1H3. The quantitative estimate of drug-likeness (QED) is 0.748. The van der Waals surface area contributed by atoms with Crippen LogP contribution in [0.1, 0.15) is 32.6 Å². The molecule has 4 heteroatoms. The molecule has 0 radical (unpaired) electrons. The Hall–Kier alpha value is -2.00. The van der Waals surface area contributed by atoms with Crippen LogP contribution >= 0.6 is 11.6 Å². The molecule has 0 aliphatic carbocycles. The van der Waals surface area contributed by atoms with Crippen LogP contribution in [0.5, 0.6) is 0 Å². The monoisotopic (exact) mass is 313 g/mol. The van der Waals surface area contributed by atoms with Gasteiger partial charge in [-0.25, -0.2) is 4.79 Å². The van der Waals surface area contributed by atoms with Crippen molar-refractivity contribution in [3.05, 3.63) is 63.2 Å². The van der Waals surface area contributed by atoms with Gasteiger partial charge < -0.3 is 9.64 Å². The molecule has 4 rings (SSSR count). The number of hydrogen-bond acceptors (Lipinski definition) is 3. The Morgan fingerprint density at radius 2 is 2.00 bits per heavy atom. The number of anilines is 1. The smallest absolute Gasteiger partial charge is 0.338 e. The highest BCUT2D eigenvalue weighted by atomic mass is 35.5. The molecule has 2 aliphatic rings. The Morgan fingerprint density at radius 3 is 2.82 bits per heavy atom. The van der Waals surface area contributed by atoms with Gasteiger partial charge in [-0.15, -0.1) is 0 Å². The van der Waals surface area contributed by atoms with E-state index in [0.29, 0.717) is 6.61 Å². The molecular formula is C18H16ClNO2. The molecule has 0 spiro atoms. The van der Waals surface area contributed by atoms with E-state index in [1.165, 1.54) is 11.1 Å². The molecule has 0 unspecified atom stereocenters. The lowest BCUT2D eigenvalue weighted by Crippen LogP contribution is -2.30. The second-order valence-corrected chi connectivity index (χ2v) is 6.37. The van der Waals surface area contributed by atoms with Gasteiger partial charge in [0.25, 0.3) is 0 Å². The van der Waals surface area contributed by atoms with Crippen molar-refractivity contribution in [2.24, 2.45) is 0 Å². The molecule has 2 aromatic rings. The largest absolute Gasteiger partial charge is 0.457 e. The number of esters is 1. The summed E-state index contributed by atoms with van der Waals surface area (Å²) in [6.07, 6.45) is 0.975. The second-order valence-electron chi connectivity index (χ2n) is 5.96. The number of rotatable bonds is 1. The molecule has 2 heterocycles. The van der Waals surface area contributed by atoms with Crippen LogP contribution in [-0.2, 0) is 24.3 Å². The Bertz CT molecular complexity index is 785. The van der Waals surface area contributed by atoms with E-state index in [-0.39, 0.29) is 5.97 Å². The van der Waals surface area contributed by atoms with Gasteiger partial charge in [-0.2, -0.15) is 0 Å². The van der Waals surface area contributed by atoms with E-state index in [9.17, 15) is 4.79 Å². The third-order valence-corrected chi connectivity index (χ3v) is 4.94. The fraction of sp³-hybridized carbons (Fsp3) is 0.278. The number of ether oxygens (including phenoxy) is 1. The van der Waals surface area contributed by atoms with Gasteiger partial charge in [0.05, 0.1) is 5.56 Å². The molecule has 0 fully saturated rings. The predicted octanol–water partition coefficient (Wildman–Crippen LogP) is 3.88. The van der Waals surface area contributed by atoms with Gasteiger partial charge in [-0.3, -0.25) is 0 Å². The minimum absolute atomic E-state index is 0.201. The first-order valence-corrected chi connectivity index (χ1v) is 7.82. The van der Waals surface area contributed by atoms with E-state index >= 15 is 0 Å². The maximum absolute atomic E-state index is 11.7. The van der Waals surface area contributed by atoms with Crippen LogP contribution < -0.4 is 4.90 Å². The molecule has 0 aromatic heterocycles. The van der Waals surface area contributed by atoms with Gasteiger partial charge >= 0.3 is 5.97 Å². The summed E-state index contributed by atoms with van der Waals surface area (Å²) in [7, 11) is 0. The minimum Gasteiger partial charge on any atom is -0.457 e. The number of halogens is 1. The van der Waals surface area contributed by atoms with Crippen molar-refractivity contribution in [3.8, 4) is 0 Å². The summed E-state index contributed by atoms with van der Waals surface area (Å²) in [4.78, 5) is 14.0. The summed E-state index contributed by atoms with van der Waals surface area (Å²) < 4.78 is 5.11. The Morgan fingerprint density at radius 1 is 1.14 bits per heavy atom. The van der Waals surface area contributed by atoms with Crippen molar-refractivity contribution in [3.63, 3.8) is 0 Å². The van der Waals surface area contributed by atoms with Crippen molar-refractivity contribution in [2.75, 3.05) is 11.4 Å². The number of hydrogen-bond donors (Lipinski definition) is 0. The van der Waals surface area contributed by atoms with Crippen LogP contribution in [0, 0.1) is 6.92 Å². The number of carbonyl (C=O) groups excluding carboxylic acids is 1. The number of aryl methyl sites for hydroxylation is 1. The van der Waals surface area contributed by atoms with Crippen molar-refractivity contribution < 1.29 is 9.53 Å². The van der Waals surface area contributed by atoms with Crippen LogP contribution in [0.15, 0.2) is 30.3 Å². The van der Waals surface area contributed by atoms with Crippen molar-refractivity contribution >= 4 is 23.3 Å². The Balaban J connectivity index is 1.67. The molecule has 3 nitrogen and oxygen atoms in total. The zero-order chi connectivity index (χ0) is 15.3. The first kappa shape index (κ1) is 13.6. The molecule has 0 bridgehead atoms. The third kappa shape index (κ3) is 2.17. The fourth-order valence-electron chi connectivity index (χ4n) is 3.19. The normalized spacial score (nSPS) is 16.3. The molecule has 0 saturated carbocycles. The molecule has 0 N–H and O–H groups in total. The molecule has 22 heavy (non-hydrogen) atoms. The first-order chi connectivity index (χ1) is 10.6. The highest BCUT2D eigenvalue weighted by Crippen LogP contribution is 2.31. The van der Waals surface area contributed by atoms with Crippen LogP contribution in [0.4, 0.5) is 5.69 Å². The molecule has 0 amide bonds. The van der Waals surface area contributed by atoms with E-state index in [1.54, 1.807) is 0 Å². The van der Waals surface area contributed by atoms with Crippen LogP contribution in [0.25, 0.3) is 0 Å². The van der Waals surface area contributed by atoms with Gasteiger partial charge in [-0.1, -0.05) is 23.7 Å². The topological polar surface area (TPSA) is 29.5 Å². The predicted molar refractivity (Wildman–Crippen MR) is 86.5 cm³/mol. The SMILES string of the molecule is Cc1ccc(N2CCc3cc4c(cc3C2)C(=O)OC4)cc1Cl. The molecule has 112 valence electrons. The first-order valence-electron chi connectivity index (χ1n) is 7.45. The lowest BCUT2D eigenvalue weighted by atomic mass is 9.94. The van der Waals surface area contributed by atoms with E-state index in [4.69, 9.17) is 16.3 Å². The second kappa shape index (κ2) is 5.03. The van der Waals surface area contributed by atoms with Gasteiger partial charge in [0, 0.05) is 29.4 Å². The minimum atomic E-state index is -0.201. The average molecular weight is 314 g/mol. The lowest BCUT2D eigenvalue weighted by molar-refractivity contribution is 0.0535. The summed E-state index contributed by atoms with van der Waals surface area (Å²) >= 11 is 6.24. The molecule has 2 aromatic carbocycles. The molecule has 2 aliphatic heterocycles. The van der Waals surface area contributed by atoms with E-state index in [0.717, 1.165) is 46.9 Å². The van der Waals surface area contributed by atoms with E-state index < -0.39 is 0 Å². The number of fused-ring (bicyclic) bond motifs is 2. The maximum Gasteiger partial charge on any atom is 0.338 e. The van der Waals surface area contributed by atoms with Crippen LogP contribution in [0.3, 0.4) is 0 Å². The summed E-state index contributed by atoms with van der Waals surface area (Å²) in [6.45, 7) is 4.18. The van der Waals surface area contributed by atoms with Gasteiger partial charge in [0.2, 0.25) is 0 Å². The summed E-state index contributed by atoms with van der Waals surface area (Å²) in [5.41, 5.74) is 6.50. The zero-order valence-electron chi connectivity index (χ0n) is 12.4. The van der Waals surface area contributed by atoms with Gasteiger partial charge in [-0.05, 0) is 48.2 Å². The summed E-state index contributed by atoms with van der Waals surface area (Å²) in [5, 5.41) is 0.792. The van der Waals surface area contributed by atoms with Crippen molar-refractivity contribution in [2.45, 2.75) is 26.5 Å². The number of benzene rings is 2. The highest BCUT2D eigenvalue weighted by molar-refractivity contribution is 6.31. The summed E-state index contributed by atoms with van der Waals surface area (Å²) in [6, 6.07) is 10.3.